The van der Waals surface area contributed by atoms with Gasteiger partial charge in [0.2, 0.25) is 0 Å². The van der Waals surface area contributed by atoms with Crippen LogP contribution in [0.2, 0.25) is 0 Å². The van der Waals surface area contributed by atoms with E-state index in [1.54, 1.807) is 5.21 Å². The summed E-state index contributed by atoms with van der Waals surface area (Å²) in [5, 5.41) is 9.40. The molecule has 0 aliphatic carbocycles. The molecule has 86 valence electrons. The number of hydrogen-bond donors (Lipinski definition) is 1. The summed E-state index contributed by atoms with van der Waals surface area (Å²) in [5.74, 6) is 0. The highest BCUT2D eigenvalue weighted by Gasteiger charge is 2.31. The van der Waals surface area contributed by atoms with E-state index >= 15 is 0 Å². The van der Waals surface area contributed by atoms with Crippen LogP contribution in [0, 0.1) is 0 Å². The van der Waals surface area contributed by atoms with Gasteiger partial charge in [0.1, 0.15) is 0 Å². The summed E-state index contributed by atoms with van der Waals surface area (Å²) in [6.45, 7) is 0. The van der Waals surface area contributed by atoms with Gasteiger partial charge in [0.25, 0.3) is 0 Å². The summed E-state index contributed by atoms with van der Waals surface area (Å²) in [7, 11) is -4.86. The van der Waals surface area contributed by atoms with Crippen LogP contribution in [-0.2, 0) is 32.6 Å². The van der Waals surface area contributed by atoms with Gasteiger partial charge in [-0.3, -0.25) is 8.42 Å². The maximum absolute atomic E-state index is 11.2. The van der Waals surface area contributed by atoms with E-state index in [-0.39, 0.29) is 0 Å². The van der Waals surface area contributed by atoms with Gasteiger partial charge in [-0.1, -0.05) is 5.10 Å². The molecule has 0 aromatic carbocycles. The van der Waals surface area contributed by atoms with Gasteiger partial charge in [0, 0.05) is 22.5 Å². The maximum atomic E-state index is 11.2. The maximum Gasteiger partial charge on any atom is 0.305 e. The predicted molar refractivity (Wildman–Crippen MR) is 41.0 cm³/mol. The molecule has 14 heteroatoms. The van der Waals surface area contributed by atoms with E-state index in [0.29, 0.717) is 0 Å². The van der Waals surface area contributed by atoms with Gasteiger partial charge in [-0.25, -0.2) is 8.42 Å². The van der Waals surface area contributed by atoms with Crippen molar-refractivity contribution in [2.24, 2.45) is 0 Å². The molecule has 1 N–H and O–H groups in total. The first-order chi connectivity index (χ1) is 6.87. The molecule has 0 saturated heterocycles. The highest BCUT2D eigenvalue weighted by atomic mass is 32.3. The third-order valence-electron chi connectivity index (χ3n) is 0.996. The van der Waals surface area contributed by atoms with Crippen LogP contribution >= 0.6 is 0 Å². The Morgan fingerprint density at radius 3 is 2.13 bits per heavy atom. The molecule has 1 aromatic heterocycles. The van der Waals surface area contributed by atoms with Crippen molar-refractivity contribution in [2.45, 2.75) is 5.16 Å². The SMILES string of the molecule is O=S([O-])N(S(=O)[O-])S(=O)(=O)c1nn[nH]n1. The second-order valence-corrected chi connectivity index (χ2v) is 5.80. The Balaban J connectivity index is 3.26. The Bertz CT molecular complexity index is 463. The number of H-pyrrole nitrogens is 1. The highest BCUT2D eigenvalue weighted by molar-refractivity contribution is 8.10. The molecule has 0 amide bonds. The fourth-order valence-corrected chi connectivity index (χ4v) is 3.05. The van der Waals surface area contributed by atoms with Gasteiger partial charge < -0.3 is 9.11 Å². The van der Waals surface area contributed by atoms with Gasteiger partial charge >= 0.3 is 15.2 Å². The zero-order valence-corrected chi connectivity index (χ0v) is 8.91. The van der Waals surface area contributed by atoms with E-state index in [0.717, 1.165) is 0 Å². The summed E-state index contributed by atoms with van der Waals surface area (Å²) in [6, 6.07) is 0. The number of sulfonamides is 1. The van der Waals surface area contributed by atoms with E-state index in [2.05, 4.69) is 15.4 Å². The molecule has 15 heavy (non-hydrogen) atoms. The van der Waals surface area contributed by atoms with Crippen molar-refractivity contribution in [1.29, 1.82) is 0 Å². The summed E-state index contributed by atoms with van der Waals surface area (Å²) in [4.78, 5) is 0. The van der Waals surface area contributed by atoms with Crippen molar-refractivity contribution in [2.75, 3.05) is 0 Å². The minimum atomic E-state index is -4.86. The second-order valence-electron chi connectivity index (χ2n) is 1.83. The Morgan fingerprint density at radius 1 is 1.27 bits per heavy atom. The third-order valence-corrected chi connectivity index (χ3v) is 5.15. The first kappa shape index (κ1) is 12.3. The lowest BCUT2D eigenvalue weighted by atomic mass is 11.4. The van der Waals surface area contributed by atoms with Crippen molar-refractivity contribution in [3.63, 3.8) is 0 Å². The van der Waals surface area contributed by atoms with Crippen LogP contribution in [0.5, 0.6) is 0 Å². The minimum absolute atomic E-state index is 0.822. The first-order valence-electron chi connectivity index (χ1n) is 2.85. The summed E-state index contributed by atoms with van der Waals surface area (Å²) >= 11 is -7.05. The molecule has 2 unspecified atom stereocenters. The first-order valence-corrected chi connectivity index (χ1v) is 6.35. The molecule has 11 nitrogen and oxygen atoms in total. The average molecular weight is 275 g/mol. The van der Waals surface area contributed by atoms with Crippen LogP contribution in [0.25, 0.3) is 0 Å². The number of rotatable bonds is 4. The largest absolute Gasteiger partial charge is 0.758 e. The topological polar surface area (TPSA) is 172 Å². The monoisotopic (exact) mass is 275 g/mol. The molecule has 0 aliphatic rings. The molecule has 1 rings (SSSR count). The van der Waals surface area contributed by atoms with E-state index in [1.807, 2.05) is 0 Å². The van der Waals surface area contributed by atoms with Gasteiger partial charge in [-0.2, -0.15) is 5.21 Å². The summed E-state index contributed by atoms with van der Waals surface area (Å²) < 4.78 is 63.0. The van der Waals surface area contributed by atoms with Crippen LogP contribution in [-0.4, -0.2) is 49.7 Å². The summed E-state index contributed by atoms with van der Waals surface area (Å²) in [5.41, 5.74) is 0. The molecule has 0 aliphatic heterocycles. The molecule has 1 aromatic rings. The molecule has 1 heterocycles. The molecule has 0 fully saturated rings. The molecule has 2 atom stereocenters. The molecular weight excluding hydrogens is 274 g/mol. The normalized spacial score (nSPS) is 16.5. The Labute approximate surface area is 87.8 Å². The zero-order valence-electron chi connectivity index (χ0n) is 6.46. The lowest BCUT2D eigenvalue weighted by Crippen LogP contribution is -2.34. The van der Waals surface area contributed by atoms with Crippen molar-refractivity contribution in [3.8, 4) is 0 Å². The third kappa shape index (κ3) is 2.41. The molecule has 0 radical (unpaired) electrons. The number of nitrogens with zero attached hydrogens (tertiary/aromatic N) is 4. The lowest BCUT2D eigenvalue weighted by molar-refractivity contribution is 0.477. The van der Waals surface area contributed by atoms with E-state index in [1.165, 1.54) is 0 Å². The number of hydrogen-bond acceptors (Lipinski definition) is 9. The lowest BCUT2D eigenvalue weighted by Gasteiger charge is -2.22. The number of nitrogens with one attached hydrogen (secondary N) is 1. The Morgan fingerprint density at radius 2 is 1.80 bits per heavy atom. The molecule has 0 saturated carbocycles. The smallest absolute Gasteiger partial charge is 0.305 e. The Hall–Kier alpha value is -0.800. The number of aromatic amines is 1. The van der Waals surface area contributed by atoms with Crippen molar-refractivity contribution in [3.05, 3.63) is 0 Å². The quantitative estimate of drug-likeness (QED) is 0.554. The standard InChI is InChI=1S/CH3N5O6S3/c7-13(8)6(14(9)10)15(11,12)1-2-4-5-3-1/h(H,7,8)(H,9,10)(H,2,3,4,5)/p-2. The highest BCUT2D eigenvalue weighted by Crippen LogP contribution is 2.12. The molecule has 0 bridgehead atoms. The number of aromatic nitrogens is 4. The average Bonchev–Trinajstić information content (AvgIpc) is 2.52. The minimum Gasteiger partial charge on any atom is -0.758 e. The van der Waals surface area contributed by atoms with E-state index in [9.17, 15) is 25.9 Å². The van der Waals surface area contributed by atoms with E-state index in [4.69, 9.17) is 0 Å². The summed E-state index contributed by atoms with van der Waals surface area (Å²) in [6.07, 6.45) is 0. The van der Waals surface area contributed by atoms with Gasteiger partial charge in [-0.15, -0.1) is 5.10 Å². The van der Waals surface area contributed by atoms with Crippen LogP contribution < -0.4 is 0 Å². The van der Waals surface area contributed by atoms with Crippen LogP contribution in [0.15, 0.2) is 5.16 Å². The predicted octanol–water partition coefficient (Wildman–Crippen LogP) is -3.22. The van der Waals surface area contributed by atoms with Crippen molar-refractivity contribution < 1.29 is 25.9 Å². The van der Waals surface area contributed by atoms with Crippen LogP contribution in [0.4, 0.5) is 0 Å². The van der Waals surface area contributed by atoms with E-state index < -0.39 is 40.8 Å². The zero-order chi connectivity index (χ0) is 11.6. The Kier molecular flexibility index (Phi) is 3.58. The molecular formula is CHN5O6S3-2. The van der Waals surface area contributed by atoms with Crippen molar-refractivity contribution >= 4 is 32.6 Å². The molecule has 0 spiro atoms. The fraction of sp³-hybridized carbons (Fsp3) is 0. The fourth-order valence-electron chi connectivity index (χ4n) is 0.538. The van der Waals surface area contributed by atoms with Crippen molar-refractivity contribution in [1.82, 2.24) is 23.7 Å². The number of tetrazole rings is 1. The van der Waals surface area contributed by atoms with Gasteiger partial charge in [0.05, 0.1) is 0 Å². The van der Waals surface area contributed by atoms with Crippen LogP contribution in [0.1, 0.15) is 0 Å². The second kappa shape index (κ2) is 4.37. The van der Waals surface area contributed by atoms with Crippen LogP contribution in [0.3, 0.4) is 0 Å². The van der Waals surface area contributed by atoms with Gasteiger partial charge in [-0.05, 0) is 8.33 Å². The van der Waals surface area contributed by atoms with Gasteiger partial charge in [0.15, 0.2) is 0 Å².